The lowest BCUT2D eigenvalue weighted by Crippen LogP contribution is -1.82. The summed E-state index contributed by atoms with van der Waals surface area (Å²) in [6.45, 7) is 0. The molecule has 2 nitrogen and oxygen atoms in total. The molecular weight excluding hydrogens is 204 g/mol. The van der Waals surface area contributed by atoms with Crippen LogP contribution in [0.2, 0.25) is 5.02 Å². The van der Waals surface area contributed by atoms with Crippen LogP contribution < -0.4 is 0 Å². The topological polar surface area (TPSA) is 17.8 Å². The molecule has 0 aliphatic heterocycles. The van der Waals surface area contributed by atoms with Crippen LogP contribution in [-0.2, 0) is 0 Å². The standard InChI is InChI=1S/C9H7ClN2S/c10-8-3-1-7(2-4-8)9-5-11-6-12(9)13/h1-6,13H. The average molecular weight is 211 g/mol. The monoisotopic (exact) mass is 210 g/mol. The van der Waals surface area contributed by atoms with Crippen LogP contribution in [0.25, 0.3) is 11.3 Å². The third kappa shape index (κ3) is 1.71. The predicted molar refractivity (Wildman–Crippen MR) is 57.1 cm³/mol. The maximum Gasteiger partial charge on any atom is 0.105 e. The molecule has 2 aromatic rings. The number of hydrogen-bond donors (Lipinski definition) is 1. The van der Waals surface area contributed by atoms with E-state index in [0.717, 1.165) is 16.3 Å². The van der Waals surface area contributed by atoms with Gasteiger partial charge >= 0.3 is 0 Å². The summed E-state index contributed by atoms with van der Waals surface area (Å²) in [7, 11) is 0. The summed E-state index contributed by atoms with van der Waals surface area (Å²) in [4.78, 5) is 3.97. The van der Waals surface area contributed by atoms with Crippen LogP contribution >= 0.6 is 24.4 Å². The van der Waals surface area contributed by atoms with Gasteiger partial charge in [-0.1, -0.05) is 36.5 Å². The number of nitrogens with zero attached hydrogens (tertiary/aromatic N) is 2. The van der Waals surface area contributed by atoms with Gasteiger partial charge in [-0.05, 0) is 12.1 Å². The minimum Gasteiger partial charge on any atom is -0.275 e. The van der Waals surface area contributed by atoms with E-state index in [-0.39, 0.29) is 0 Å². The second-order valence-corrected chi connectivity index (χ2v) is 3.50. The summed E-state index contributed by atoms with van der Waals surface area (Å²) in [5.74, 6) is 0. The Kier molecular flexibility index (Phi) is 2.29. The molecule has 13 heavy (non-hydrogen) atoms. The third-order valence-electron chi connectivity index (χ3n) is 1.76. The summed E-state index contributed by atoms with van der Waals surface area (Å²) >= 11 is 9.98. The zero-order chi connectivity index (χ0) is 9.26. The van der Waals surface area contributed by atoms with Crippen molar-refractivity contribution < 1.29 is 0 Å². The second kappa shape index (κ2) is 3.44. The summed E-state index contributed by atoms with van der Waals surface area (Å²) in [6.07, 6.45) is 3.41. The van der Waals surface area contributed by atoms with Gasteiger partial charge in [0.2, 0.25) is 0 Å². The molecule has 0 bridgehead atoms. The molecule has 1 heterocycles. The van der Waals surface area contributed by atoms with Crippen molar-refractivity contribution in [3.63, 3.8) is 0 Å². The van der Waals surface area contributed by atoms with Crippen LogP contribution in [0.5, 0.6) is 0 Å². The Morgan fingerprint density at radius 1 is 1.23 bits per heavy atom. The van der Waals surface area contributed by atoms with Crippen LogP contribution in [0.3, 0.4) is 0 Å². The van der Waals surface area contributed by atoms with E-state index in [2.05, 4.69) is 17.8 Å². The van der Waals surface area contributed by atoms with E-state index in [1.54, 1.807) is 16.5 Å². The van der Waals surface area contributed by atoms with Gasteiger partial charge in [-0.15, -0.1) is 0 Å². The first kappa shape index (κ1) is 8.66. The fraction of sp³-hybridized carbons (Fsp3) is 0. The van der Waals surface area contributed by atoms with E-state index in [1.807, 2.05) is 24.3 Å². The van der Waals surface area contributed by atoms with Gasteiger partial charge in [0.05, 0.1) is 11.9 Å². The first-order valence-corrected chi connectivity index (χ1v) is 4.53. The van der Waals surface area contributed by atoms with Crippen molar-refractivity contribution in [1.82, 2.24) is 8.96 Å². The number of rotatable bonds is 1. The molecule has 0 aliphatic rings. The SMILES string of the molecule is Sn1cncc1-c1ccc(Cl)cc1. The molecule has 0 unspecified atom stereocenters. The molecule has 0 radical (unpaired) electrons. The van der Waals surface area contributed by atoms with Crippen LogP contribution in [0.4, 0.5) is 0 Å². The van der Waals surface area contributed by atoms with Crippen molar-refractivity contribution in [2.75, 3.05) is 0 Å². The molecule has 66 valence electrons. The Bertz CT molecular complexity index is 408. The molecule has 2 rings (SSSR count). The maximum atomic E-state index is 5.77. The van der Waals surface area contributed by atoms with E-state index in [9.17, 15) is 0 Å². The van der Waals surface area contributed by atoms with Gasteiger partial charge in [-0.3, -0.25) is 3.97 Å². The van der Waals surface area contributed by atoms with Gasteiger partial charge in [0, 0.05) is 10.6 Å². The minimum absolute atomic E-state index is 0.731. The number of imidazole rings is 1. The molecule has 0 fully saturated rings. The third-order valence-corrected chi connectivity index (χ3v) is 2.33. The molecule has 0 atom stereocenters. The number of benzene rings is 1. The van der Waals surface area contributed by atoms with Gasteiger partial charge in [0.1, 0.15) is 6.33 Å². The fourth-order valence-electron chi connectivity index (χ4n) is 1.12. The van der Waals surface area contributed by atoms with Crippen molar-refractivity contribution in [2.45, 2.75) is 0 Å². The molecule has 1 aromatic heterocycles. The Morgan fingerprint density at radius 3 is 2.46 bits per heavy atom. The van der Waals surface area contributed by atoms with E-state index in [4.69, 9.17) is 11.6 Å². The summed E-state index contributed by atoms with van der Waals surface area (Å²) in [6, 6.07) is 7.56. The first-order valence-electron chi connectivity index (χ1n) is 3.75. The molecule has 0 amide bonds. The molecule has 0 spiro atoms. The van der Waals surface area contributed by atoms with Gasteiger partial charge in [-0.2, -0.15) is 0 Å². The highest BCUT2D eigenvalue weighted by atomic mass is 35.5. The highest BCUT2D eigenvalue weighted by Gasteiger charge is 2.01. The Labute approximate surface area is 86.7 Å². The van der Waals surface area contributed by atoms with Crippen molar-refractivity contribution in [2.24, 2.45) is 0 Å². The fourth-order valence-corrected chi connectivity index (χ4v) is 1.47. The van der Waals surface area contributed by atoms with Crippen LogP contribution in [0, 0.1) is 0 Å². The number of thiol groups is 1. The summed E-state index contributed by atoms with van der Waals surface area (Å²) < 4.78 is 1.67. The summed E-state index contributed by atoms with van der Waals surface area (Å²) in [5, 5.41) is 0.731. The van der Waals surface area contributed by atoms with E-state index < -0.39 is 0 Å². The van der Waals surface area contributed by atoms with Crippen molar-refractivity contribution >= 4 is 24.4 Å². The highest BCUT2D eigenvalue weighted by Crippen LogP contribution is 2.21. The largest absolute Gasteiger partial charge is 0.275 e. The lowest BCUT2D eigenvalue weighted by atomic mass is 10.2. The van der Waals surface area contributed by atoms with Crippen molar-refractivity contribution in [3.05, 3.63) is 41.8 Å². The maximum absolute atomic E-state index is 5.77. The van der Waals surface area contributed by atoms with E-state index in [0.29, 0.717) is 0 Å². The predicted octanol–water partition coefficient (Wildman–Crippen LogP) is 2.90. The van der Waals surface area contributed by atoms with Crippen molar-refractivity contribution in [1.29, 1.82) is 0 Å². The second-order valence-electron chi connectivity index (χ2n) is 2.63. The minimum atomic E-state index is 0.731. The number of aromatic nitrogens is 2. The van der Waals surface area contributed by atoms with Crippen LogP contribution in [0.1, 0.15) is 0 Å². The van der Waals surface area contributed by atoms with E-state index >= 15 is 0 Å². The first-order chi connectivity index (χ1) is 6.27. The van der Waals surface area contributed by atoms with Crippen molar-refractivity contribution in [3.8, 4) is 11.3 Å². The van der Waals surface area contributed by atoms with Crippen LogP contribution in [-0.4, -0.2) is 8.96 Å². The molecule has 0 saturated heterocycles. The zero-order valence-corrected chi connectivity index (χ0v) is 8.33. The van der Waals surface area contributed by atoms with Crippen LogP contribution in [0.15, 0.2) is 36.8 Å². The normalized spacial score (nSPS) is 10.3. The molecule has 0 N–H and O–H groups in total. The lowest BCUT2D eigenvalue weighted by Gasteiger charge is -2.00. The number of hydrogen-bond acceptors (Lipinski definition) is 2. The molecule has 4 heteroatoms. The molecular formula is C9H7ClN2S. The number of halogens is 1. The summed E-state index contributed by atoms with van der Waals surface area (Å²) in [5.41, 5.74) is 2.01. The Morgan fingerprint density at radius 2 is 1.92 bits per heavy atom. The molecule has 0 saturated carbocycles. The Hall–Kier alpha value is -0.930. The van der Waals surface area contributed by atoms with E-state index in [1.165, 1.54) is 0 Å². The smallest absolute Gasteiger partial charge is 0.105 e. The average Bonchev–Trinajstić information content (AvgIpc) is 2.53. The molecule has 0 aliphatic carbocycles. The van der Waals surface area contributed by atoms with Gasteiger partial charge < -0.3 is 0 Å². The quantitative estimate of drug-likeness (QED) is 0.717. The van der Waals surface area contributed by atoms with Gasteiger partial charge in [0.25, 0.3) is 0 Å². The highest BCUT2D eigenvalue weighted by molar-refractivity contribution is 7.78. The van der Waals surface area contributed by atoms with Gasteiger partial charge in [0.15, 0.2) is 0 Å². The lowest BCUT2D eigenvalue weighted by molar-refractivity contribution is 1.25. The Balaban J connectivity index is 2.47. The zero-order valence-electron chi connectivity index (χ0n) is 6.68. The molecule has 1 aromatic carbocycles. The van der Waals surface area contributed by atoms with Gasteiger partial charge in [-0.25, -0.2) is 4.98 Å².